The molecule has 0 radical (unpaired) electrons. The van der Waals surface area contributed by atoms with Crippen LogP contribution in [0.3, 0.4) is 0 Å². The van der Waals surface area contributed by atoms with Gasteiger partial charge in [0.1, 0.15) is 0 Å². The molecule has 0 nitrogen and oxygen atoms in total. The molecule has 0 spiro atoms. The van der Waals surface area contributed by atoms with E-state index in [9.17, 15) is 0 Å². The van der Waals surface area contributed by atoms with Crippen LogP contribution in [0, 0.1) is 11.8 Å². The third-order valence-electron chi connectivity index (χ3n) is 3.57. The predicted octanol–water partition coefficient (Wildman–Crippen LogP) is 4.95. The summed E-state index contributed by atoms with van der Waals surface area (Å²) in [4.78, 5) is 0. The van der Waals surface area contributed by atoms with Crippen molar-refractivity contribution in [3.8, 4) is 0 Å². The fourth-order valence-electron chi connectivity index (χ4n) is 2.33. The molecule has 3 aliphatic carbocycles. The summed E-state index contributed by atoms with van der Waals surface area (Å²) in [6.45, 7) is 6.21. The third kappa shape index (κ3) is 3.48. The quantitative estimate of drug-likeness (QED) is 0.518. The van der Waals surface area contributed by atoms with Gasteiger partial charge in [0.2, 0.25) is 0 Å². The Morgan fingerprint density at radius 1 is 1.21 bits per heavy atom. The van der Waals surface area contributed by atoms with Gasteiger partial charge in [-0.05, 0) is 37.5 Å². The second-order valence-corrected chi connectivity index (χ2v) is 4.44. The molecular weight excluding hydrogens is 168 g/mol. The molecule has 82 valence electrons. The van der Waals surface area contributed by atoms with E-state index in [1.54, 1.807) is 24.8 Å². The SMILES string of the molecule is C1CC2CC2C1.CC.CCC1=CCC1. The Morgan fingerprint density at radius 3 is 1.86 bits per heavy atom. The normalized spacial score (nSPS) is 30.9. The molecule has 2 unspecified atom stereocenters. The molecule has 3 rings (SSSR count). The first-order chi connectivity index (χ1) is 6.90. The summed E-state index contributed by atoms with van der Waals surface area (Å²) in [5, 5.41) is 0. The Bertz CT molecular complexity index is 170. The van der Waals surface area contributed by atoms with Gasteiger partial charge in [0.15, 0.2) is 0 Å². The molecule has 0 saturated heterocycles. The molecule has 0 heteroatoms. The van der Waals surface area contributed by atoms with Gasteiger partial charge in [-0.25, -0.2) is 0 Å². The van der Waals surface area contributed by atoms with E-state index in [0.717, 1.165) is 0 Å². The maximum Gasteiger partial charge on any atom is -0.0286 e. The van der Waals surface area contributed by atoms with Crippen LogP contribution in [0.4, 0.5) is 0 Å². The van der Waals surface area contributed by atoms with Gasteiger partial charge < -0.3 is 0 Å². The van der Waals surface area contributed by atoms with E-state index in [2.05, 4.69) is 13.0 Å². The van der Waals surface area contributed by atoms with Crippen molar-refractivity contribution in [1.29, 1.82) is 0 Å². The molecule has 0 aromatic rings. The Kier molecular flexibility index (Phi) is 5.29. The smallest absolute Gasteiger partial charge is 0.0286 e. The van der Waals surface area contributed by atoms with Crippen LogP contribution in [0.2, 0.25) is 0 Å². The second-order valence-electron chi connectivity index (χ2n) is 4.44. The van der Waals surface area contributed by atoms with Crippen molar-refractivity contribution in [2.24, 2.45) is 11.8 Å². The van der Waals surface area contributed by atoms with Crippen LogP contribution in [0.15, 0.2) is 11.6 Å². The van der Waals surface area contributed by atoms with Crippen LogP contribution in [-0.2, 0) is 0 Å². The fraction of sp³-hybridized carbons (Fsp3) is 0.857. The first-order valence-corrected chi connectivity index (χ1v) is 6.58. The van der Waals surface area contributed by atoms with E-state index in [1.807, 2.05) is 13.8 Å². The Labute approximate surface area is 89.8 Å². The van der Waals surface area contributed by atoms with Crippen molar-refractivity contribution in [3.05, 3.63) is 11.6 Å². The van der Waals surface area contributed by atoms with Crippen LogP contribution >= 0.6 is 0 Å². The van der Waals surface area contributed by atoms with Gasteiger partial charge in [0.25, 0.3) is 0 Å². The monoisotopic (exact) mass is 194 g/mol. The molecule has 0 heterocycles. The maximum absolute atomic E-state index is 2.32. The minimum atomic E-state index is 1.21. The molecule has 0 aromatic carbocycles. The van der Waals surface area contributed by atoms with Crippen molar-refractivity contribution in [1.82, 2.24) is 0 Å². The number of fused-ring (bicyclic) bond motifs is 1. The number of allylic oxidation sites excluding steroid dienone is 2. The molecule has 2 fully saturated rings. The van der Waals surface area contributed by atoms with Crippen LogP contribution in [0.1, 0.15) is 65.7 Å². The van der Waals surface area contributed by atoms with E-state index >= 15 is 0 Å². The summed E-state index contributed by atoms with van der Waals surface area (Å²) in [5.74, 6) is 2.43. The van der Waals surface area contributed by atoms with Crippen molar-refractivity contribution >= 4 is 0 Å². The van der Waals surface area contributed by atoms with E-state index in [4.69, 9.17) is 0 Å². The number of hydrogen-bond acceptors (Lipinski definition) is 0. The third-order valence-corrected chi connectivity index (χ3v) is 3.57. The highest BCUT2D eigenvalue weighted by Crippen LogP contribution is 2.51. The summed E-state index contributed by atoms with van der Waals surface area (Å²) in [6, 6.07) is 0. The molecule has 0 aliphatic heterocycles. The zero-order valence-electron chi connectivity index (χ0n) is 10.2. The van der Waals surface area contributed by atoms with E-state index < -0.39 is 0 Å². The maximum atomic E-state index is 2.32. The highest BCUT2D eigenvalue weighted by atomic mass is 14.5. The van der Waals surface area contributed by atoms with Crippen molar-refractivity contribution in [2.45, 2.75) is 65.7 Å². The van der Waals surface area contributed by atoms with Crippen molar-refractivity contribution < 1.29 is 0 Å². The van der Waals surface area contributed by atoms with E-state index in [1.165, 1.54) is 37.5 Å². The lowest BCUT2D eigenvalue weighted by atomic mass is 9.97. The topological polar surface area (TPSA) is 0 Å². The average Bonchev–Trinajstić information content (AvgIpc) is 2.77. The lowest BCUT2D eigenvalue weighted by Crippen LogP contribution is -1.89. The number of rotatable bonds is 1. The summed E-state index contributed by atoms with van der Waals surface area (Å²) in [5.41, 5.74) is 1.65. The Morgan fingerprint density at radius 2 is 1.79 bits per heavy atom. The van der Waals surface area contributed by atoms with Crippen LogP contribution in [-0.4, -0.2) is 0 Å². The zero-order chi connectivity index (χ0) is 10.4. The van der Waals surface area contributed by atoms with Crippen LogP contribution in [0.5, 0.6) is 0 Å². The molecular formula is C14H26. The molecule has 2 atom stereocenters. The highest BCUT2D eigenvalue weighted by Gasteiger charge is 2.40. The average molecular weight is 194 g/mol. The number of hydrogen-bond donors (Lipinski definition) is 0. The molecule has 0 aromatic heterocycles. The Balaban J connectivity index is 0.000000120. The summed E-state index contributed by atoms with van der Waals surface area (Å²) in [6.07, 6.45) is 12.5. The second kappa shape index (κ2) is 6.27. The highest BCUT2D eigenvalue weighted by molar-refractivity contribution is 5.10. The Hall–Kier alpha value is -0.260. The molecule has 3 aliphatic rings. The minimum Gasteiger partial charge on any atom is -0.0850 e. The molecule has 0 bridgehead atoms. The predicted molar refractivity (Wildman–Crippen MR) is 64.4 cm³/mol. The summed E-state index contributed by atoms with van der Waals surface area (Å²) < 4.78 is 0. The van der Waals surface area contributed by atoms with Crippen LogP contribution < -0.4 is 0 Å². The van der Waals surface area contributed by atoms with Gasteiger partial charge >= 0.3 is 0 Å². The first-order valence-electron chi connectivity index (χ1n) is 6.58. The first kappa shape index (κ1) is 11.8. The van der Waals surface area contributed by atoms with E-state index in [0.29, 0.717) is 0 Å². The standard InChI is InChI=1S/2C6H10.C2H6/c1-2-5-4-6(5)3-1;1-2-6-4-3-5-6;1-2/h5-6H,1-4H2;4H,2-3,5H2,1H3;1-2H3. The fourth-order valence-corrected chi connectivity index (χ4v) is 2.33. The summed E-state index contributed by atoms with van der Waals surface area (Å²) >= 11 is 0. The van der Waals surface area contributed by atoms with E-state index in [-0.39, 0.29) is 0 Å². The van der Waals surface area contributed by atoms with Crippen LogP contribution in [0.25, 0.3) is 0 Å². The zero-order valence-corrected chi connectivity index (χ0v) is 10.2. The van der Waals surface area contributed by atoms with Gasteiger partial charge in [-0.3, -0.25) is 0 Å². The minimum absolute atomic E-state index is 1.21. The lowest BCUT2D eigenvalue weighted by Gasteiger charge is -2.09. The molecule has 0 amide bonds. The largest absolute Gasteiger partial charge is 0.0850 e. The molecule has 0 N–H and O–H groups in total. The summed E-state index contributed by atoms with van der Waals surface area (Å²) in [7, 11) is 0. The van der Waals surface area contributed by atoms with Crippen molar-refractivity contribution in [2.75, 3.05) is 0 Å². The van der Waals surface area contributed by atoms with Gasteiger partial charge in [0, 0.05) is 0 Å². The lowest BCUT2D eigenvalue weighted by molar-refractivity contribution is 0.735. The molecule has 2 saturated carbocycles. The van der Waals surface area contributed by atoms with Gasteiger partial charge in [-0.1, -0.05) is 51.7 Å². The van der Waals surface area contributed by atoms with Gasteiger partial charge in [0.05, 0.1) is 0 Å². The molecule has 14 heavy (non-hydrogen) atoms. The van der Waals surface area contributed by atoms with Crippen molar-refractivity contribution in [3.63, 3.8) is 0 Å². The van der Waals surface area contributed by atoms with Gasteiger partial charge in [-0.15, -0.1) is 0 Å². The van der Waals surface area contributed by atoms with Gasteiger partial charge in [-0.2, -0.15) is 0 Å².